The average molecular weight is 402 g/mol. The molecule has 2 saturated heterocycles. The van der Waals surface area contributed by atoms with Crippen molar-refractivity contribution in [2.75, 3.05) is 11.9 Å². The number of aromatic nitrogens is 1. The first kappa shape index (κ1) is 19.8. The number of rotatable bonds is 3. The van der Waals surface area contributed by atoms with Crippen molar-refractivity contribution in [3.8, 4) is 11.3 Å². The quantitative estimate of drug-likeness (QED) is 0.347. The number of likely N-dealkylation sites (tertiary alicyclic amines) is 1. The molecule has 2 N–H and O–H groups in total. The number of carbonyl (C=O) groups excluding carboxylic acids is 2. The first-order chi connectivity index (χ1) is 12.4. The largest absolute Gasteiger partial charge is 1.00 e. The molecular weight excluding hydrogens is 387 g/mol. The van der Waals surface area contributed by atoms with E-state index in [1.165, 1.54) is 11.3 Å². The molecule has 0 radical (unpaired) electrons. The van der Waals surface area contributed by atoms with Gasteiger partial charge in [-0.1, -0.05) is 12.1 Å². The van der Waals surface area contributed by atoms with Crippen LogP contribution >= 0.6 is 0 Å². The minimum Gasteiger partial charge on any atom is -1.00 e. The summed E-state index contributed by atoms with van der Waals surface area (Å²) in [5.41, 5.74) is 1.21. The predicted octanol–water partition coefficient (Wildman–Crippen LogP) is -1.92. The Morgan fingerprint density at radius 1 is 1.41 bits per heavy atom. The number of hydrogen-bond acceptors (Lipinski definition) is 6. The van der Waals surface area contributed by atoms with Crippen LogP contribution in [0.3, 0.4) is 0 Å². The molecule has 1 aromatic heterocycles. The smallest absolute Gasteiger partial charge is 1.00 e. The van der Waals surface area contributed by atoms with Gasteiger partial charge in [0.1, 0.15) is 6.04 Å². The first-order valence-corrected chi connectivity index (χ1v) is 9.13. The zero-order chi connectivity index (χ0) is 18.5. The third-order valence-corrected chi connectivity index (χ3v) is 5.43. The summed E-state index contributed by atoms with van der Waals surface area (Å²) in [5.74, 6) is -0.263. The fraction of sp³-hybridized carbons (Fsp3) is 0.267. The Bertz CT molecular complexity index is 986. The van der Waals surface area contributed by atoms with Crippen LogP contribution < -0.4 is 34.9 Å². The molecule has 0 saturated carbocycles. The topological polar surface area (TPSA) is 133 Å². The molecule has 3 heterocycles. The molecule has 2 aliphatic rings. The number of carbonyl (C=O) groups is 2. The van der Waals surface area contributed by atoms with E-state index in [0.717, 1.165) is 5.56 Å². The van der Waals surface area contributed by atoms with Crippen molar-refractivity contribution in [2.45, 2.75) is 18.5 Å². The number of β-lactam (4-membered cyclic amide) rings is 1. The molecule has 1 aromatic carbocycles. The molecule has 12 heteroatoms. The maximum atomic E-state index is 12.5. The van der Waals surface area contributed by atoms with Crippen molar-refractivity contribution < 1.29 is 58.0 Å². The van der Waals surface area contributed by atoms with Gasteiger partial charge < -0.3 is 16.1 Å². The van der Waals surface area contributed by atoms with Crippen molar-refractivity contribution >= 4 is 27.9 Å². The van der Waals surface area contributed by atoms with Crippen LogP contribution in [0, 0.1) is 0 Å². The number of oxazole rings is 1. The van der Waals surface area contributed by atoms with E-state index in [-0.39, 0.29) is 43.9 Å². The van der Waals surface area contributed by atoms with Crippen molar-refractivity contribution in [1.82, 2.24) is 14.2 Å². The van der Waals surface area contributed by atoms with Gasteiger partial charge in [0.05, 0.1) is 12.2 Å². The van der Waals surface area contributed by atoms with Crippen molar-refractivity contribution in [2.24, 2.45) is 0 Å². The van der Waals surface area contributed by atoms with E-state index in [4.69, 9.17) is 8.97 Å². The summed E-state index contributed by atoms with van der Waals surface area (Å²) in [5, 5.41) is 2.69. The fourth-order valence-electron chi connectivity index (χ4n) is 3.35. The standard InChI is InChI=1S/C15H14N4O6S.Na.H/c20-14-13-11(19(14)26(22,23)24)4-5-18(13)15(21)17-10-3-1-2-9(6-10)12-7-16-8-25-12;;/h1-3,6-8,11,13H,4-5H2,(H,17,21)(H,22,23,24);;/q;+1;-1/t11-,13+;;/m1../s1. The number of amides is 3. The molecule has 138 valence electrons. The van der Waals surface area contributed by atoms with E-state index in [1.54, 1.807) is 30.5 Å². The Morgan fingerprint density at radius 3 is 2.85 bits per heavy atom. The number of anilines is 1. The molecule has 0 bridgehead atoms. The summed E-state index contributed by atoms with van der Waals surface area (Å²) in [6.45, 7) is 0.209. The molecule has 2 fully saturated rings. The minimum absolute atomic E-state index is 0. The van der Waals surface area contributed by atoms with E-state index >= 15 is 0 Å². The van der Waals surface area contributed by atoms with Crippen LogP contribution in [0.15, 0.2) is 41.3 Å². The Morgan fingerprint density at radius 2 is 2.19 bits per heavy atom. The van der Waals surface area contributed by atoms with Crippen LogP contribution in [0.4, 0.5) is 10.5 Å². The number of hydrogen-bond donors (Lipinski definition) is 2. The number of benzene rings is 1. The van der Waals surface area contributed by atoms with Gasteiger partial charge >= 0.3 is 45.9 Å². The van der Waals surface area contributed by atoms with Gasteiger partial charge in [0, 0.05) is 17.8 Å². The molecule has 2 aromatic rings. The Hall–Kier alpha value is -1.92. The van der Waals surface area contributed by atoms with E-state index < -0.39 is 34.3 Å². The van der Waals surface area contributed by atoms with Gasteiger partial charge in [-0.2, -0.15) is 8.42 Å². The molecular formula is C15H15N4NaO6S. The molecule has 2 atom stereocenters. The maximum absolute atomic E-state index is 12.5. The van der Waals surface area contributed by atoms with Crippen molar-refractivity contribution in [3.63, 3.8) is 0 Å². The Kier molecular flexibility index (Phi) is 5.32. The minimum atomic E-state index is -4.60. The van der Waals surface area contributed by atoms with Crippen molar-refractivity contribution in [3.05, 3.63) is 36.9 Å². The average Bonchev–Trinajstić information content (AvgIpc) is 3.21. The zero-order valence-electron chi connectivity index (χ0n) is 15.3. The molecule has 0 spiro atoms. The van der Waals surface area contributed by atoms with Crippen LogP contribution in [-0.4, -0.2) is 57.7 Å². The van der Waals surface area contributed by atoms with Gasteiger partial charge in [-0.3, -0.25) is 9.35 Å². The van der Waals surface area contributed by atoms with Crippen LogP contribution in [0.25, 0.3) is 11.3 Å². The van der Waals surface area contributed by atoms with Crippen LogP contribution in [0.5, 0.6) is 0 Å². The van der Waals surface area contributed by atoms with Gasteiger partial charge in [0.25, 0.3) is 5.91 Å². The molecule has 27 heavy (non-hydrogen) atoms. The van der Waals surface area contributed by atoms with Gasteiger partial charge in [-0.25, -0.2) is 14.1 Å². The summed E-state index contributed by atoms with van der Waals surface area (Å²) in [6.07, 6.45) is 3.12. The number of urea groups is 1. The van der Waals surface area contributed by atoms with E-state index in [2.05, 4.69) is 10.3 Å². The summed E-state index contributed by atoms with van der Waals surface area (Å²) < 4.78 is 37.1. The van der Waals surface area contributed by atoms with E-state index in [9.17, 15) is 18.0 Å². The molecule has 0 unspecified atom stereocenters. The third-order valence-electron chi connectivity index (χ3n) is 4.48. The molecule has 0 aliphatic carbocycles. The number of nitrogens with one attached hydrogen (secondary N) is 1. The third kappa shape index (κ3) is 3.48. The van der Waals surface area contributed by atoms with Gasteiger partial charge in [-0.05, 0) is 18.6 Å². The maximum Gasteiger partial charge on any atom is 1.00 e. The van der Waals surface area contributed by atoms with Crippen molar-refractivity contribution in [1.29, 1.82) is 0 Å². The van der Waals surface area contributed by atoms with Gasteiger partial charge in [0.2, 0.25) is 0 Å². The SMILES string of the molecule is O=C(Nc1cccc(-c2cnco2)c1)N1CC[C@@H]2[C@H]1C(=O)N2S(=O)(=O)O.[H-].[Na+]. The summed E-state index contributed by atoms with van der Waals surface area (Å²) in [6, 6.07) is 4.78. The molecule has 4 rings (SSSR count). The summed E-state index contributed by atoms with van der Waals surface area (Å²) in [4.78, 5) is 29.6. The van der Waals surface area contributed by atoms with E-state index in [0.29, 0.717) is 15.8 Å². The van der Waals surface area contributed by atoms with Crippen LogP contribution in [0.1, 0.15) is 7.85 Å². The molecule has 2 aliphatic heterocycles. The summed E-state index contributed by atoms with van der Waals surface area (Å²) >= 11 is 0. The monoisotopic (exact) mass is 402 g/mol. The van der Waals surface area contributed by atoms with Gasteiger partial charge in [-0.15, -0.1) is 0 Å². The predicted molar refractivity (Wildman–Crippen MR) is 89.4 cm³/mol. The number of fused-ring (bicyclic) bond motifs is 1. The molecule has 3 amide bonds. The van der Waals surface area contributed by atoms with E-state index in [1.807, 2.05) is 0 Å². The normalized spacial score (nSPS) is 21.3. The fourth-order valence-corrected chi connectivity index (χ4v) is 4.25. The second kappa shape index (κ2) is 7.24. The Balaban J connectivity index is 0.00000140. The second-order valence-electron chi connectivity index (χ2n) is 5.98. The zero-order valence-corrected chi connectivity index (χ0v) is 17.1. The Labute approximate surface area is 178 Å². The second-order valence-corrected chi connectivity index (χ2v) is 7.27. The van der Waals surface area contributed by atoms with Gasteiger partial charge in [0.15, 0.2) is 12.2 Å². The number of nitrogens with zero attached hydrogens (tertiary/aromatic N) is 3. The summed E-state index contributed by atoms with van der Waals surface area (Å²) in [7, 11) is -4.60. The van der Waals surface area contributed by atoms with Crippen LogP contribution in [-0.2, 0) is 15.1 Å². The van der Waals surface area contributed by atoms with Crippen LogP contribution in [0.2, 0.25) is 0 Å². The first-order valence-electron chi connectivity index (χ1n) is 7.73. The molecule has 10 nitrogen and oxygen atoms in total.